The normalized spacial score (nSPS) is 11.1. The number of thiocarbonyl (C=S) groups is 1. The van der Waals surface area contributed by atoms with E-state index in [1.807, 2.05) is 0 Å². The summed E-state index contributed by atoms with van der Waals surface area (Å²) in [5.74, 6) is -0.382. The second kappa shape index (κ2) is 3.79. The zero-order chi connectivity index (χ0) is 10.8. The Hall–Kier alpha value is -1.37. The molecule has 0 aromatic carbocycles. The number of nitrogens with zero attached hydrogens (tertiary/aromatic N) is 1. The number of halogens is 3. The van der Waals surface area contributed by atoms with E-state index in [4.69, 9.17) is 5.73 Å². The first kappa shape index (κ1) is 10.7. The lowest BCUT2D eigenvalue weighted by Crippen LogP contribution is -2.22. The van der Waals surface area contributed by atoms with Crippen molar-refractivity contribution >= 4 is 23.1 Å². The van der Waals surface area contributed by atoms with Gasteiger partial charge in [0, 0.05) is 6.20 Å². The van der Waals surface area contributed by atoms with Crippen LogP contribution in [0.3, 0.4) is 0 Å². The molecule has 1 aromatic heterocycles. The molecule has 1 heterocycles. The van der Waals surface area contributed by atoms with Crippen molar-refractivity contribution in [1.82, 2.24) is 4.98 Å². The molecular weight excluding hydrogens is 215 g/mol. The van der Waals surface area contributed by atoms with Gasteiger partial charge in [-0.05, 0) is 24.4 Å². The topological polar surface area (TPSA) is 50.9 Å². The average molecular weight is 221 g/mol. The monoisotopic (exact) mass is 221 g/mol. The molecule has 0 fully saturated rings. The van der Waals surface area contributed by atoms with Crippen LogP contribution in [-0.2, 0) is 6.18 Å². The molecule has 0 saturated heterocycles. The van der Waals surface area contributed by atoms with Crippen LogP contribution < -0.4 is 11.1 Å². The molecular formula is C7H6F3N3S. The summed E-state index contributed by atoms with van der Waals surface area (Å²) in [4.78, 5) is 3.49. The molecule has 1 aromatic rings. The highest BCUT2D eigenvalue weighted by atomic mass is 32.1. The number of pyridine rings is 1. The number of aromatic nitrogens is 1. The van der Waals surface area contributed by atoms with E-state index in [2.05, 4.69) is 22.5 Å². The number of nitrogens with two attached hydrogens (primary N) is 1. The molecule has 7 heteroatoms. The van der Waals surface area contributed by atoms with Crippen molar-refractivity contribution < 1.29 is 13.2 Å². The lowest BCUT2D eigenvalue weighted by molar-refractivity contribution is -0.137. The maximum absolute atomic E-state index is 12.3. The van der Waals surface area contributed by atoms with E-state index in [0.29, 0.717) is 0 Å². The van der Waals surface area contributed by atoms with Gasteiger partial charge in [0.2, 0.25) is 0 Å². The second-order valence-corrected chi connectivity index (χ2v) is 2.83. The summed E-state index contributed by atoms with van der Waals surface area (Å²) in [7, 11) is 0. The maximum atomic E-state index is 12.3. The second-order valence-electron chi connectivity index (χ2n) is 2.39. The largest absolute Gasteiger partial charge is 0.419 e. The zero-order valence-corrected chi connectivity index (χ0v) is 7.62. The van der Waals surface area contributed by atoms with Gasteiger partial charge in [-0.1, -0.05) is 0 Å². The summed E-state index contributed by atoms with van der Waals surface area (Å²) in [6, 6.07) is 2.08. The van der Waals surface area contributed by atoms with Crippen LogP contribution in [0.5, 0.6) is 0 Å². The van der Waals surface area contributed by atoms with Crippen molar-refractivity contribution in [3.63, 3.8) is 0 Å². The van der Waals surface area contributed by atoms with E-state index in [1.54, 1.807) is 0 Å². The molecule has 76 valence electrons. The SMILES string of the molecule is NC(=S)Nc1ncccc1C(F)(F)F. The van der Waals surface area contributed by atoms with Crippen LogP contribution in [0.15, 0.2) is 18.3 Å². The third-order valence-electron chi connectivity index (χ3n) is 1.35. The first-order chi connectivity index (χ1) is 6.41. The Morgan fingerprint density at radius 3 is 2.64 bits per heavy atom. The predicted molar refractivity (Wildman–Crippen MR) is 49.6 cm³/mol. The highest BCUT2D eigenvalue weighted by Crippen LogP contribution is 2.33. The minimum absolute atomic E-state index is 0.255. The molecule has 0 radical (unpaired) electrons. The van der Waals surface area contributed by atoms with Gasteiger partial charge in [-0.25, -0.2) is 4.98 Å². The average Bonchev–Trinajstić information content (AvgIpc) is 2.01. The van der Waals surface area contributed by atoms with E-state index in [0.717, 1.165) is 6.07 Å². The van der Waals surface area contributed by atoms with Crippen molar-refractivity contribution in [3.8, 4) is 0 Å². The van der Waals surface area contributed by atoms with Gasteiger partial charge in [-0.3, -0.25) is 0 Å². The molecule has 3 nitrogen and oxygen atoms in total. The lowest BCUT2D eigenvalue weighted by Gasteiger charge is -2.11. The minimum atomic E-state index is -4.47. The van der Waals surface area contributed by atoms with Crippen molar-refractivity contribution in [2.75, 3.05) is 5.32 Å². The highest BCUT2D eigenvalue weighted by Gasteiger charge is 2.34. The summed E-state index contributed by atoms with van der Waals surface area (Å²) >= 11 is 4.42. The van der Waals surface area contributed by atoms with Crippen LogP contribution >= 0.6 is 12.2 Å². The molecule has 3 N–H and O–H groups in total. The number of anilines is 1. The number of hydrogen-bond acceptors (Lipinski definition) is 2. The number of hydrogen-bond donors (Lipinski definition) is 2. The van der Waals surface area contributed by atoms with Crippen LogP contribution in [0.25, 0.3) is 0 Å². The first-order valence-electron chi connectivity index (χ1n) is 3.50. The van der Waals surface area contributed by atoms with E-state index >= 15 is 0 Å². The van der Waals surface area contributed by atoms with Crippen LogP contribution in [0.1, 0.15) is 5.56 Å². The predicted octanol–water partition coefficient (Wildman–Crippen LogP) is 1.76. The molecule has 0 atom stereocenters. The molecule has 1 rings (SSSR count). The Morgan fingerprint density at radius 1 is 1.50 bits per heavy atom. The lowest BCUT2D eigenvalue weighted by atomic mass is 10.2. The summed E-state index contributed by atoms with van der Waals surface area (Å²) in [6.07, 6.45) is -3.25. The molecule has 0 unspecified atom stereocenters. The number of rotatable bonds is 1. The van der Waals surface area contributed by atoms with Crippen LogP contribution in [0.2, 0.25) is 0 Å². The summed E-state index contributed by atoms with van der Waals surface area (Å²) in [5.41, 5.74) is 4.15. The quantitative estimate of drug-likeness (QED) is 0.709. The van der Waals surface area contributed by atoms with Gasteiger partial charge in [0.1, 0.15) is 5.82 Å². The Bertz CT molecular complexity index is 350. The summed E-state index contributed by atoms with van der Waals surface area (Å²) in [5, 5.41) is 1.90. The van der Waals surface area contributed by atoms with Gasteiger partial charge >= 0.3 is 6.18 Å². The fourth-order valence-electron chi connectivity index (χ4n) is 0.850. The van der Waals surface area contributed by atoms with Crippen LogP contribution in [0, 0.1) is 0 Å². The van der Waals surface area contributed by atoms with E-state index in [9.17, 15) is 13.2 Å². The first-order valence-corrected chi connectivity index (χ1v) is 3.91. The third-order valence-corrected chi connectivity index (χ3v) is 1.46. The van der Waals surface area contributed by atoms with Crippen LogP contribution in [0.4, 0.5) is 19.0 Å². The standard InChI is InChI=1S/C7H6F3N3S/c8-7(9,10)4-2-1-3-12-5(4)13-6(11)14/h1-3H,(H3,11,12,13,14). The molecule has 14 heavy (non-hydrogen) atoms. The van der Waals surface area contributed by atoms with Gasteiger partial charge in [0.05, 0.1) is 5.56 Å². The molecule has 0 amide bonds. The molecule has 0 aliphatic heterocycles. The molecule has 0 aliphatic carbocycles. The highest BCUT2D eigenvalue weighted by molar-refractivity contribution is 7.80. The summed E-state index contributed by atoms with van der Waals surface area (Å²) in [6.45, 7) is 0. The number of alkyl halides is 3. The fraction of sp³-hybridized carbons (Fsp3) is 0.143. The Labute approximate surface area is 83.1 Å². The maximum Gasteiger partial charge on any atom is 0.419 e. The van der Waals surface area contributed by atoms with Crippen molar-refractivity contribution in [2.45, 2.75) is 6.18 Å². The minimum Gasteiger partial charge on any atom is -0.376 e. The number of nitrogens with one attached hydrogen (secondary N) is 1. The molecule has 0 spiro atoms. The van der Waals surface area contributed by atoms with E-state index in [-0.39, 0.29) is 10.9 Å². The fourth-order valence-corrected chi connectivity index (χ4v) is 0.947. The Balaban J connectivity index is 3.10. The van der Waals surface area contributed by atoms with Crippen molar-refractivity contribution in [3.05, 3.63) is 23.9 Å². The van der Waals surface area contributed by atoms with Gasteiger partial charge in [-0.15, -0.1) is 0 Å². The van der Waals surface area contributed by atoms with Crippen molar-refractivity contribution in [2.24, 2.45) is 5.73 Å². The van der Waals surface area contributed by atoms with Gasteiger partial charge < -0.3 is 11.1 Å². The van der Waals surface area contributed by atoms with E-state index < -0.39 is 11.7 Å². The van der Waals surface area contributed by atoms with Crippen molar-refractivity contribution in [1.29, 1.82) is 0 Å². The van der Waals surface area contributed by atoms with Crippen LogP contribution in [-0.4, -0.2) is 10.1 Å². The smallest absolute Gasteiger partial charge is 0.376 e. The summed E-state index contributed by atoms with van der Waals surface area (Å²) < 4.78 is 37.0. The molecule has 0 bridgehead atoms. The van der Waals surface area contributed by atoms with E-state index in [1.165, 1.54) is 12.3 Å². The van der Waals surface area contributed by atoms with Gasteiger partial charge in [-0.2, -0.15) is 13.2 Å². The third kappa shape index (κ3) is 2.56. The van der Waals surface area contributed by atoms with Gasteiger partial charge in [0.25, 0.3) is 0 Å². The Kier molecular flexibility index (Phi) is 2.90. The molecule has 0 aliphatic rings. The van der Waals surface area contributed by atoms with Gasteiger partial charge in [0.15, 0.2) is 5.11 Å². The molecule has 0 saturated carbocycles. The zero-order valence-electron chi connectivity index (χ0n) is 6.80. The Morgan fingerprint density at radius 2 is 2.14 bits per heavy atom.